The summed E-state index contributed by atoms with van der Waals surface area (Å²) in [6.07, 6.45) is 5.17. The van der Waals surface area contributed by atoms with E-state index >= 15 is 0 Å². The molecule has 0 nitrogen and oxygen atoms in total. The summed E-state index contributed by atoms with van der Waals surface area (Å²) in [7, 11) is 0. The smallest absolute Gasteiger partial charge is 0.0297 e. The highest BCUT2D eigenvalue weighted by Crippen LogP contribution is 2.40. The molecule has 0 aromatic carbocycles. The number of rotatable bonds is 0. The first-order valence-corrected chi connectivity index (χ1v) is 3.47. The summed E-state index contributed by atoms with van der Waals surface area (Å²) in [5, 5.41) is 0. The van der Waals surface area contributed by atoms with Gasteiger partial charge in [0.2, 0.25) is 0 Å². The molecule has 1 saturated carbocycles. The Labute approximate surface area is 52.3 Å². The van der Waals surface area contributed by atoms with E-state index in [9.17, 15) is 0 Å². The molecule has 0 saturated heterocycles. The molecule has 0 bridgehead atoms. The summed E-state index contributed by atoms with van der Waals surface area (Å²) < 4.78 is 0. The van der Waals surface area contributed by atoms with Gasteiger partial charge in [-0.2, -0.15) is 0 Å². The van der Waals surface area contributed by atoms with Gasteiger partial charge in [0.15, 0.2) is 0 Å². The highest BCUT2D eigenvalue weighted by Gasteiger charge is 2.30. The van der Waals surface area contributed by atoms with E-state index in [0.717, 1.165) is 5.92 Å². The van der Waals surface area contributed by atoms with Crippen molar-refractivity contribution < 1.29 is 0 Å². The SMILES string of the molecule is CC1CC[CH]C1(C)C. The van der Waals surface area contributed by atoms with E-state index in [2.05, 4.69) is 27.2 Å². The topological polar surface area (TPSA) is 0 Å². The standard InChI is InChI=1S/C8H15/c1-7-5-4-6-8(7,2)3/h6-7H,4-5H2,1-3H3. The van der Waals surface area contributed by atoms with Crippen molar-refractivity contribution in [2.75, 3.05) is 0 Å². The second-order valence-electron chi connectivity index (χ2n) is 3.50. The van der Waals surface area contributed by atoms with E-state index in [1.54, 1.807) is 0 Å². The second-order valence-corrected chi connectivity index (χ2v) is 3.50. The van der Waals surface area contributed by atoms with Gasteiger partial charge >= 0.3 is 0 Å². The highest BCUT2D eigenvalue weighted by molar-refractivity contribution is 4.95. The van der Waals surface area contributed by atoms with Crippen molar-refractivity contribution in [3.63, 3.8) is 0 Å². The van der Waals surface area contributed by atoms with Gasteiger partial charge in [0, 0.05) is 0 Å². The Kier molecular flexibility index (Phi) is 1.34. The van der Waals surface area contributed by atoms with Crippen LogP contribution < -0.4 is 0 Å². The Bertz CT molecular complexity index is 82.0. The Morgan fingerprint density at radius 1 is 1.50 bits per heavy atom. The van der Waals surface area contributed by atoms with E-state index < -0.39 is 0 Å². The van der Waals surface area contributed by atoms with Crippen molar-refractivity contribution in [1.82, 2.24) is 0 Å². The van der Waals surface area contributed by atoms with Gasteiger partial charge in [-0.05, 0) is 30.6 Å². The second kappa shape index (κ2) is 1.75. The summed E-state index contributed by atoms with van der Waals surface area (Å²) in [5.41, 5.74) is 0.528. The van der Waals surface area contributed by atoms with E-state index in [1.807, 2.05) is 0 Å². The van der Waals surface area contributed by atoms with Gasteiger partial charge in [-0.3, -0.25) is 0 Å². The van der Waals surface area contributed by atoms with Gasteiger partial charge in [-0.1, -0.05) is 20.8 Å². The molecule has 0 aliphatic heterocycles. The van der Waals surface area contributed by atoms with Crippen LogP contribution in [0.5, 0.6) is 0 Å². The normalized spacial score (nSPS) is 35.6. The summed E-state index contributed by atoms with van der Waals surface area (Å²) in [4.78, 5) is 0. The lowest BCUT2D eigenvalue weighted by atomic mass is 9.83. The Morgan fingerprint density at radius 3 is 2.25 bits per heavy atom. The molecule has 1 unspecified atom stereocenters. The molecular formula is C8H15. The van der Waals surface area contributed by atoms with E-state index in [-0.39, 0.29) is 0 Å². The van der Waals surface area contributed by atoms with Crippen LogP contribution >= 0.6 is 0 Å². The molecule has 0 N–H and O–H groups in total. The molecule has 0 heterocycles. The lowest BCUT2D eigenvalue weighted by molar-refractivity contribution is 0.328. The third-order valence-electron chi connectivity index (χ3n) is 2.54. The van der Waals surface area contributed by atoms with Crippen LogP contribution in [0.15, 0.2) is 0 Å². The van der Waals surface area contributed by atoms with Crippen LogP contribution in [0.3, 0.4) is 0 Å². The lowest BCUT2D eigenvalue weighted by Gasteiger charge is -2.22. The first-order chi connectivity index (χ1) is 3.63. The van der Waals surface area contributed by atoms with Crippen molar-refractivity contribution in [2.45, 2.75) is 33.6 Å². The molecule has 8 heavy (non-hydrogen) atoms. The third kappa shape index (κ3) is 0.888. The molecule has 0 heteroatoms. The van der Waals surface area contributed by atoms with Gasteiger partial charge in [-0.15, -0.1) is 0 Å². The Balaban J connectivity index is 2.54. The van der Waals surface area contributed by atoms with Crippen LogP contribution in [0.2, 0.25) is 0 Å². The molecule has 0 spiro atoms. The quantitative estimate of drug-likeness (QED) is 0.451. The first-order valence-electron chi connectivity index (χ1n) is 3.47. The molecular weight excluding hydrogens is 96.1 g/mol. The minimum atomic E-state index is 0.528. The predicted molar refractivity (Wildman–Crippen MR) is 36.5 cm³/mol. The molecule has 1 atom stereocenters. The van der Waals surface area contributed by atoms with Crippen LogP contribution in [0.1, 0.15) is 33.6 Å². The fraction of sp³-hybridized carbons (Fsp3) is 0.875. The lowest BCUT2D eigenvalue weighted by Crippen LogP contribution is -2.13. The van der Waals surface area contributed by atoms with Gasteiger partial charge in [0.05, 0.1) is 0 Å². The van der Waals surface area contributed by atoms with E-state index in [0.29, 0.717) is 5.41 Å². The Hall–Kier alpha value is 0. The van der Waals surface area contributed by atoms with Gasteiger partial charge in [0.25, 0.3) is 0 Å². The minimum Gasteiger partial charge on any atom is -0.0620 e. The summed E-state index contributed by atoms with van der Waals surface area (Å²) in [6, 6.07) is 0. The minimum absolute atomic E-state index is 0.528. The molecule has 1 aliphatic carbocycles. The fourth-order valence-electron chi connectivity index (χ4n) is 1.28. The van der Waals surface area contributed by atoms with Gasteiger partial charge in [-0.25, -0.2) is 0 Å². The molecule has 0 aromatic rings. The summed E-state index contributed by atoms with van der Waals surface area (Å²) in [6.45, 7) is 6.98. The highest BCUT2D eigenvalue weighted by atomic mass is 14.4. The van der Waals surface area contributed by atoms with Crippen LogP contribution in [0, 0.1) is 17.8 Å². The summed E-state index contributed by atoms with van der Waals surface area (Å²) >= 11 is 0. The molecule has 47 valence electrons. The number of hydrogen-bond donors (Lipinski definition) is 0. The van der Waals surface area contributed by atoms with Crippen molar-refractivity contribution >= 4 is 0 Å². The zero-order valence-corrected chi connectivity index (χ0v) is 6.07. The van der Waals surface area contributed by atoms with Crippen molar-refractivity contribution in [3.05, 3.63) is 6.42 Å². The maximum absolute atomic E-state index is 2.44. The molecule has 1 radical (unpaired) electrons. The molecule has 1 rings (SSSR count). The first kappa shape index (κ1) is 6.12. The number of hydrogen-bond acceptors (Lipinski definition) is 0. The van der Waals surface area contributed by atoms with Gasteiger partial charge in [0.1, 0.15) is 0 Å². The average molecular weight is 111 g/mol. The van der Waals surface area contributed by atoms with Crippen LogP contribution in [0.25, 0.3) is 0 Å². The van der Waals surface area contributed by atoms with Crippen LogP contribution in [-0.4, -0.2) is 0 Å². The Morgan fingerprint density at radius 2 is 2.12 bits per heavy atom. The molecule has 0 amide bonds. The average Bonchev–Trinajstić information content (AvgIpc) is 1.86. The summed E-state index contributed by atoms with van der Waals surface area (Å²) in [5.74, 6) is 0.905. The molecule has 0 aromatic heterocycles. The van der Waals surface area contributed by atoms with Crippen molar-refractivity contribution in [3.8, 4) is 0 Å². The maximum atomic E-state index is 2.44. The predicted octanol–water partition coefficient (Wildman–Crippen LogP) is 2.65. The zero-order chi connectivity index (χ0) is 6.20. The maximum Gasteiger partial charge on any atom is -0.0297 e. The van der Waals surface area contributed by atoms with Crippen LogP contribution in [-0.2, 0) is 0 Å². The van der Waals surface area contributed by atoms with E-state index in [1.165, 1.54) is 12.8 Å². The van der Waals surface area contributed by atoms with E-state index in [4.69, 9.17) is 0 Å². The fourth-order valence-corrected chi connectivity index (χ4v) is 1.28. The largest absolute Gasteiger partial charge is 0.0620 e. The zero-order valence-electron chi connectivity index (χ0n) is 6.07. The monoisotopic (exact) mass is 111 g/mol. The van der Waals surface area contributed by atoms with Crippen LogP contribution in [0.4, 0.5) is 0 Å². The van der Waals surface area contributed by atoms with Crippen molar-refractivity contribution in [2.24, 2.45) is 11.3 Å². The van der Waals surface area contributed by atoms with Gasteiger partial charge < -0.3 is 0 Å². The van der Waals surface area contributed by atoms with Crippen molar-refractivity contribution in [1.29, 1.82) is 0 Å². The third-order valence-corrected chi connectivity index (χ3v) is 2.54. The molecule has 1 aliphatic rings. The molecule has 1 fully saturated rings.